The Morgan fingerprint density at radius 1 is 0.905 bits per heavy atom. The molecular weight excluding hydrogens is 359 g/mol. The highest BCUT2D eigenvalue weighted by Crippen LogP contribution is 2.33. The van der Waals surface area contributed by atoms with E-state index in [0.29, 0.717) is 12.1 Å². The molecule has 0 spiro atoms. The van der Waals surface area contributed by atoms with Crippen LogP contribution in [0.25, 0.3) is 0 Å². The van der Waals surface area contributed by atoms with Crippen LogP contribution in [0.15, 0.2) is 40.9 Å². The molecule has 21 heavy (non-hydrogen) atoms. The van der Waals surface area contributed by atoms with E-state index in [-0.39, 0.29) is 15.6 Å². The highest BCUT2D eigenvalue weighted by atomic mass is 79.9. The third kappa shape index (κ3) is 3.41. The number of halogens is 6. The van der Waals surface area contributed by atoms with Crippen LogP contribution in [0.4, 0.5) is 22.0 Å². The Morgan fingerprint density at radius 3 is 2.00 bits per heavy atom. The summed E-state index contributed by atoms with van der Waals surface area (Å²) in [7, 11) is 0. The first kappa shape index (κ1) is 15.9. The summed E-state index contributed by atoms with van der Waals surface area (Å²) in [6.45, 7) is 0. The van der Waals surface area contributed by atoms with E-state index in [1.165, 1.54) is 12.1 Å². The molecule has 0 saturated heterocycles. The second-order valence-electron chi connectivity index (χ2n) is 4.31. The topological polar surface area (TPSA) is 20.2 Å². The molecule has 0 aromatic heterocycles. The van der Waals surface area contributed by atoms with Gasteiger partial charge in [0.2, 0.25) is 0 Å². The summed E-state index contributed by atoms with van der Waals surface area (Å²) in [4.78, 5) is 0. The number of benzene rings is 2. The van der Waals surface area contributed by atoms with Crippen LogP contribution in [0.1, 0.15) is 22.8 Å². The molecule has 0 amide bonds. The van der Waals surface area contributed by atoms with Crippen LogP contribution in [0.3, 0.4) is 0 Å². The normalized spacial score (nSPS) is 13.3. The van der Waals surface area contributed by atoms with Crippen molar-refractivity contribution in [2.45, 2.75) is 12.3 Å². The minimum absolute atomic E-state index is 0.0565. The minimum Gasteiger partial charge on any atom is -0.384 e. The van der Waals surface area contributed by atoms with Gasteiger partial charge in [0.1, 0.15) is 17.7 Å². The molecule has 0 radical (unpaired) electrons. The predicted octanol–water partition coefficient (Wildman–Crippen LogP) is 4.83. The number of alkyl halides is 3. The second kappa shape index (κ2) is 5.73. The van der Waals surface area contributed by atoms with E-state index in [2.05, 4.69) is 15.9 Å². The van der Waals surface area contributed by atoms with Crippen LogP contribution in [-0.2, 0) is 6.18 Å². The van der Waals surface area contributed by atoms with Crippen LogP contribution in [0.2, 0.25) is 0 Å². The number of aliphatic hydroxyl groups is 1. The number of aliphatic hydroxyl groups excluding tert-OH is 1. The van der Waals surface area contributed by atoms with Crippen molar-refractivity contribution >= 4 is 15.9 Å². The van der Waals surface area contributed by atoms with Crippen molar-refractivity contribution in [3.05, 3.63) is 69.2 Å². The summed E-state index contributed by atoms with van der Waals surface area (Å²) >= 11 is 2.93. The van der Waals surface area contributed by atoms with Crippen molar-refractivity contribution in [3.63, 3.8) is 0 Å². The lowest BCUT2D eigenvalue weighted by molar-refractivity contribution is -0.140. The fourth-order valence-electron chi connectivity index (χ4n) is 1.81. The lowest BCUT2D eigenvalue weighted by atomic mass is 10.00. The fraction of sp³-hybridized carbons (Fsp3) is 0.143. The maximum Gasteiger partial charge on any atom is 0.419 e. The van der Waals surface area contributed by atoms with E-state index >= 15 is 0 Å². The van der Waals surface area contributed by atoms with Crippen molar-refractivity contribution < 1.29 is 27.1 Å². The smallest absolute Gasteiger partial charge is 0.384 e. The average Bonchev–Trinajstić information content (AvgIpc) is 2.39. The van der Waals surface area contributed by atoms with Crippen molar-refractivity contribution in [2.75, 3.05) is 0 Å². The molecule has 0 aliphatic heterocycles. The summed E-state index contributed by atoms with van der Waals surface area (Å²) in [5.74, 6) is -2.02. The maximum absolute atomic E-state index is 13.5. The Hall–Kier alpha value is -1.47. The van der Waals surface area contributed by atoms with Gasteiger partial charge in [0.15, 0.2) is 0 Å². The highest BCUT2D eigenvalue weighted by molar-refractivity contribution is 9.10. The molecule has 1 atom stereocenters. The Kier molecular flexibility index (Phi) is 4.34. The van der Waals surface area contributed by atoms with Gasteiger partial charge in [-0.15, -0.1) is 0 Å². The van der Waals surface area contributed by atoms with Gasteiger partial charge in [-0.1, -0.05) is 12.1 Å². The van der Waals surface area contributed by atoms with Gasteiger partial charge in [-0.3, -0.25) is 0 Å². The summed E-state index contributed by atoms with van der Waals surface area (Å²) in [6.07, 6.45) is -6.16. The Bertz CT molecular complexity index is 669. The second-order valence-corrected chi connectivity index (χ2v) is 5.17. The molecule has 0 aliphatic rings. The molecular formula is C14H8BrF5O. The molecule has 7 heteroatoms. The van der Waals surface area contributed by atoms with Gasteiger partial charge >= 0.3 is 6.18 Å². The molecule has 2 aromatic carbocycles. The van der Waals surface area contributed by atoms with Crippen LogP contribution in [0.5, 0.6) is 0 Å². The first-order chi connectivity index (χ1) is 9.70. The van der Waals surface area contributed by atoms with E-state index in [0.717, 1.165) is 12.1 Å². The fourth-order valence-corrected chi connectivity index (χ4v) is 2.20. The molecule has 2 aromatic rings. The van der Waals surface area contributed by atoms with E-state index in [1.54, 1.807) is 0 Å². The summed E-state index contributed by atoms with van der Waals surface area (Å²) < 4.78 is 64.0. The summed E-state index contributed by atoms with van der Waals surface area (Å²) in [5, 5.41) is 10.0. The van der Waals surface area contributed by atoms with Crippen molar-refractivity contribution in [1.82, 2.24) is 0 Å². The summed E-state index contributed by atoms with van der Waals surface area (Å²) in [5.41, 5.74) is -1.24. The molecule has 112 valence electrons. The number of rotatable bonds is 2. The Balaban J connectivity index is 2.38. The molecule has 1 unspecified atom stereocenters. The quantitative estimate of drug-likeness (QED) is 0.755. The van der Waals surface area contributed by atoms with Crippen LogP contribution < -0.4 is 0 Å². The van der Waals surface area contributed by atoms with Gasteiger partial charge in [-0.25, -0.2) is 8.78 Å². The SMILES string of the molecule is OC(c1ccc(C(F)(F)F)c(F)c1)c1ccc(F)c(Br)c1. The lowest BCUT2D eigenvalue weighted by Gasteiger charge is -2.14. The van der Waals surface area contributed by atoms with E-state index in [1.807, 2.05) is 0 Å². The van der Waals surface area contributed by atoms with E-state index in [4.69, 9.17) is 0 Å². The van der Waals surface area contributed by atoms with Crippen molar-refractivity contribution in [3.8, 4) is 0 Å². The minimum atomic E-state index is -4.80. The third-order valence-corrected chi connectivity index (χ3v) is 3.48. The average molecular weight is 367 g/mol. The standard InChI is InChI=1S/C14H8BrF5O/c15-10-5-7(2-4-11(10)16)13(21)8-1-3-9(12(17)6-8)14(18,19)20/h1-6,13,21H. The van der Waals surface area contributed by atoms with E-state index < -0.39 is 29.5 Å². The molecule has 2 rings (SSSR count). The van der Waals surface area contributed by atoms with Gasteiger partial charge < -0.3 is 5.11 Å². The first-order valence-corrected chi connectivity index (χ1v) is 6.49. The van der Waals surface area contributed by atoms with Crippen LogP contribution >= 0.6 is 15.9 Å². The first-order valence-electron chi connectivity index (χ1n) is 5.70. The van der Waals surface area contributed by atoms with Gasteiger partial charge in [0, 0.05) is 0 Å². The lowest BCUT2D eigenvalue weighted by Crippen LogP contribution is -2.09. The predicted molar refractivity (Wildman–Crippen MR) is 69.6 cm³/mol. The Labute approximate surface area is 125 Å². The number of hydrogen-bond donors (Lipinski definition) is 1. The molecule has 0 saturated carbocycles. The van der Waals surface area contributed by atoms with Gasteiger partial charge in [-0.05, 0) is 51.3 Å². The largest absolute Gasteiger partial charge is 0.419 e. The molecule has 0 aliphatic carbocycles. The molecule has 0 fully saturated rings. The van der Waals surface area contributed by atoms with Crippen LogP contribution in [0, 0.1) is 11.6 Å². The van der Waals surface area contributed by atoms with Crippen LogP contribution in [-0.4, -0.2) is 5.11 Å². The zero-order chi connectivity index (χ0) is 15.8. The molecule has 0 bridgehead atoms. The monoisotopic (exact) mass is 366 g/mol. The molecule has 1 nitrogen and oxygen atoms in total. The van der Waals surface area contributed by atoms with Crippen molar-refractivity contribution in [2.24, 2.45) is 0 Å². The molecule has 1 N–H and O–H groups in total. The zero-order valence-corrected chi connectivity index (χ0v) is 11.8. The number of hydrogen-bond acceptors (Lipinski definition) is 1. The zero-order valence-electron chi connectivity index (χ0n) is 10.3. The summed E-state index contributed by atoms with van der Waals surface area (Å²) in [6, 6.07) is 5.78. The van der Waals surface area contributed by atoms with Gasteiger partial charge in [0.05, 0.1) is 10.0 Å². The highest BCUT2D eigenvalue weighted by Gasteiger charge is 2.34. The van der Waals surface area contributed by atoms with E-state index in [9.17, 15) is 27.1 Å². The van der Waals surface area contributed by atoms with Gasteiger partial charge in [0.25, 0.3) is 0 Å². The maximum atomic E-state index is 13.5. The van der Waals surface area contributed by atoms with Gasteiger partial charge in [-0.2, -0.15) is 13.2 Å². The van der Waals surface area contributed by atoms with Crippen molar-refractivity contribution in [1.29, 1.82) is 0 Å². The third-order valence-electron chi connectivity index (χ3n) is 2.87. The Morgan fingerprint density at radius 2 is 1.48 bits per heavy atom. The molecule has 0 heterocycles.